The standard InChI is InChI=1S/C29H30ClF2N5O3/c1-4-39-26(38)29(3)10-12-36(13-11-29)28-33-15-20(16-34-28)19-8-9-23-24(14-19)37(18(2)35-23)17-21-22(30)6-5-7-25(21)40-27(31)32/h5-9,14-16,27H,4,10-13,17H2,1-3H3. The first-order valence-corrected chi connectivity index (χ1v) is 13.5. The highest BCUT2D eigenvalue weighted by atomic mass is 35.5. The Hall–Kier alpha value is -3.79. The van der Waals surface area contributed by atoms with Gasteiger partial charge in [0, 0.05) is 41.6 Å². The van der Waals surface area contributed by atoms with Crippen LogP contribution in [0.2, 0.25) is 5.02 Å². The van der Waals surface area contributed by atoms with Crippen LogP contribution in [0, 0.1) is 12.3 Å². The number of halogens is 3. The van der Waals surface area contributed by atoms with Gasteiger partial charge in [-0.15, -0.1) is 0 Å². The molecule has 2 aromatic carbocycles. The second kappa shape index (κ2) is 11.4. The monoisotopic (exact) mass is 569 g/mol. The fourth-order valence-corrected chi connectivity index (χ4v) is 5.25. The van der Waals surface area contributed by atoms with E-state index in [4.69, 9.17) is 21.1 Å². The Kier molecular flexibility index (Phi) is 7.89. The molecule has 0 N–H and O–H groups in total. The highest BCUT2D eigenvalue weighted by Crippen LogP contribution is 2.34. The summed E-state index contributed by atoms with van der Waals surface area (Å²) in [5, 5.41) is 0.333. The van der Waals surface area contributed by atoms with Crippen molar-refractivity contribution in [1.82, 2.24) is 19.5 Å². The van der Waals surface area contributed by atoms with Crippen LogP contribution in [0.4, 0.5) is 14.7 Å². The van der Waals surface area contributed by atoms with Gasteiger partial charge in [-0.05, 0) is 63.4 Å². The van der Waals surface area contributed by atoms with E-state index in [1.54, 1.807) is 24.5 Å². The van der Waals surface area contributed by atoms with Crippen LogP contribution in [0.25, 0.3) is 22.2 Å². The first-order valence-electron chi connectivity index (χ1n) is 13.1. The minimum Gasteiger partial charge on any atom is -0.466 e. The van der Waals surface area contributed by atoms with E-state index in [1.165, 1.54) is 6.07 Å². The third kappa shape index (κ3) is 5.58. The zero-order chi connectivity index (χ0) is 28.4. The number of piperidine rings is 1. The van der Waals surface area contributed by atoms with E-state index in [0.29, 0.717) is 54.9 Å². The number of benzene rings is 2. The largest absolute Gasteiger partial charge is 0.466 e. The van der Waals surface area contributed by atoms with Gasteiger partial charge in [0.15, 0.2) is 0 Å². The number of hydrogen-bond donors (Lipinski definition) is 0. The Bertz CT molecular complexity index is 1520. The van der Waals surface area contributed by atoms with Crippen molar-refractivity contribution in [2.24, 2.45) is 5.41 Å². The van der Waals surface area contributed by atoms with Gasteiger partial charge >= 0.3 is 12.6 Å². The third-order valence-electron chi connectivity index (χ3n) is 7.44. The summed E-state index contributed by atoms with van der Waals surface area (Å²) < 4.78 is 37.9. The van der Waals surface area contributed by atoms with Gasteiger partial charge in [0.1, 0.15) is 11.6 Å². The molecule has 1 aliphatic heterocycles. The van der Waals surface area contributed by atoms with Gasteiger partial charge in [-0.1, -0.05) is 23.7 Å². The lowest BCUT2D eigenvalue weighted by Gasteiger charge is -2.37. The lowest BCUT2D eigenvalue weighted by Crippen LogP contribution is -2.44. The Morgan fingerprint density at radius 1 is 1.12 bits per heavy atom. The quantitative estimate of drug-likeness (QED) is 0.231. The molecule has 0 radical (unpaired) electrons. The van der Waals surface area contributed by atoms with Crippen molar-refractivity contribution in [2.75, 3.05) is 24.6 Å². The number of ether oxygens (including phenoxy) is 2. The minimum atomic E-state index is -2.96. The molecule has 0 spiro atoms. The molecule has 0 unspecified atom stereocenters. The van der Waals surface area contributed by atoms with Crippen molar-refractivity contribution in [3.63, 3.8) is 0 Å². The zero-order valence-corrected chi connectivity index (χ0v) is 23.3. The van der Waals surface area contributed by atoms with Gasteiger partial charge in [0.25, 0.3) is 0 Å². The highest BCUT2D eigenvalue weighted by Gasteiger charge is 2.38. The Balaban J connectivity index is 1.37. The van der Waals surface area contributed by atoms with Crippen LogP contribution in [-0.4, -0.2) is 51.8 Å². The van der Waals surface area contributed by atoms with Crippen molar-refractivity contribution in [3.05, 3.63) is 65.2 Å². The molecule has 8 nitrogen and oxygen atoms in total. The number of carbonyl (C=O) groups is 1. The zero-order valence-electron chi connectivity index (χ0n) is 22.5. The smallest absolute Gasteiger partial charge is 0.387 e. The number of rotatable bonds is 8. The summed E-state index contributed by atoms with van der Waals surface area (Å²) in [6.07, 6.45) is 4.90. The molecule has 1 aliphatic rings. The second-order valence-electron chi connectivity index (χ2n) is 10.1. The maximum absolute atomic E-state index is 13.0. The van der Waals surface area contributed by atoms with Crippen LogP contribution in [-0.2, 0) is 16.1 Å². The normalized spacial score (nSPS) is 15.0. The summed E-state index contributed by atoms with van der Waals surface area (Å²) in [5.74, 6) is 1.20. The molecule has 210 valence electrons. The van der Waals surface area contributed by atoms with E-state index in [0.717, 1.165) is 22.2 Å². The van der Waals surface area contributed by atoms with Gasteiger partial charge in [-0.25, -0.2) is 15.0 Å². The molecule has 1 fully saturated rings. The predicted molar refractivity (Wildman–Crippen MR) is 149 cm³/mol. The third-order valence-corrected chi connectivity index (χ3v) is 7.79. The van der Waals surface area contributed by atoms with Crippen LogP contribution >= 0.6 is 11.6 Å². The van der Waals surface area contributed by atoms with Crippen molar-refractivity contribution < 1.29 is 23.0 Å². The number of fused-ring (bicyclic) bond motifs is 1. The summed E-state index contributed by atoms with van der Waals surface area (Å²) in [7, 11) is 0. The Morgan fingerprint density at radius 2 is 1.85 bits per heavy atom. The fourth-order valence-electron chi connectivity index (χ4n) is 5.02. The molecule has 1 saturated heterocycles. The van der Waals surface area contributed by atoms with Gasteiger partial charge in [-0.3, -0.25) is 4.79 Å². The SMILES string of the molecule is CCOC(=O)C1(C)CCN(c2ncc(-c3ccc4nc(C)n(Cc5c(Cl)cccc5OC(F)F)c4c3)cn2)CC1. The molecule has 11 heteroatoms. The van der Waals surface area contributed by atoms with Gasteiger partial charge in [0.2, 0.25) is 5.95 Å². The van der Waals surface area contributed by atoms with Crippen LogP contribution < -0.4 is 9.64 Å². The number of nitrogens with zero attached hydrogens (tertiary/aromatic N) is 5. The first-order chi connectivity index (χ1) is 19.2. The van der Waals surface area contributed by atoms with Gasteiger partial charge in [-0.2, -0.15) is 8.78 Å². The van der Waals surface area contributed by atoms with E-state index in [1.807, 2.05) is 43.5 Å². The molecule has 40 heavy (non-hydrogen) atoms. The molecule has 4 aromatic rings. The molecule has 0 saturated carbocycles. The predicted octanol–water partition coefficient (Wildman–Crippen LogP) is 6.27. The number of aromatic nitrogens is 4. The Morgan fingerprint density at radius 3 is 2.52 bits per heavy atom. The summed E-state index contributed by atoms with van der Waals surface area (Å²) in [5.41, 5.74) is 3.25. The lowest BCUT2D eigenvalue weighted by molar-refractivity contribution is -0.155. The number of aryl methyl sites for hydroxylation is 1. The number of esters is 1. The molecule has 0 amide bonds. The topological polar surface area (TPSA) is 82.4 Å². The maximum Gasteiger partial charge on any atom is 0.387 e. The first kappa shape index (κ1) is 27.8. The van der Waals surface area contributed by atoms with Crippen LogP contribution in [0.1, 0.15) is 38.1 Å². The van der Waals surface area contributed by atoms with Crippen molar-refractivity contribution in [3.8, 4) is 16.9 Å². The van der Waals surface area contributed by atoms with Crippen molar-refractivity contribution in [2.45, 2.75) is 46.8 Å². The molecule has 0 atom stereocenters. The summed E-state index contributed by atoms with van der Waals surface area (Å²) >= 11 is 6.38. The molecular formula is C29H30ClF2N5O3. The average Bonchev–Trinajstić information content (AvgIpc) is 3.25. The molecule has 0 aliphatic carbocycles. The summed E-state index contributed by atoms with van der Waals surface area (Å²) in [4.78, 5) is 28.3. The molecule has 5 rings (SSSR count). The summed E-state index contributed by atoms with van der Waals surface area (Å²) in [6.45, 7) is 4.59. The number of alkyl halides is 2. The average molecular weight is 570 g/mol. The van der Waals surface area contributed by atoms with Crippen molar-refractivity contribution >= 4 is 34.6 Å². The minimum absolute atomic E-state index is 0.0316. The number of carbonyl (C=O) groups excluding carboxylic acids is 1. The van der Waals surface area contributed by atoms with E-state index in [2.05, 4.69) is 19.9 Å². The van der Waals surface area contributed by atoms with E-state index in [9.17, 15) is 13.6 Å². The van der Waals surface area contributed by atoms with Gasteiger partial charge in [0.05, 0.1) is 29.6 Å². The Labute approximate surface area is 235 Å². The van der Waals surface area contributed by atoms with E-state index in [-0.39, 0.29) is 18.3 Å². The molecule has 0 bridgehead atoms. The molecule has 2 aromatic heterocycles. The lowest BCUT2D eigenvalue weighted by atomic mass is 9.80. The van der Waals surface area contributed by atoms with Crippen LogP contribution in [0.5, 0.6) is 5.75 Å². The fraction of sp³-hybridized carbons (Fsp3) is 0.379. The maximum atomic E-state index is 13.0. The number of imidazole rings is 1. The number of anilines is 1. The molecular weight excluding hydrogens is 540 g/mol. The van der Waals surface area contributed by atoms with Gasteiger partial charge < -0.3 is 18.9 Å². The van der Waals surface area contributed by atoms with E-state index < -0.39 is 12.0 Å². The summed E-state index contributed by atoms with van der Waals surface area (Å²) in [6, 6.07) is 10.5. The van der Waals surface area contributed by atoms with Crippen LogP contribution in [0.3, 0.4) is 0 Å². The highest BCUT2D eigenvalue weighted by molar-refractivity contribution is 6.31. The molecule has 3 heterocycles. The number of hydrogen-bond acceptors (Lipinski definition) is 7. The van der Waals surface area contributed by atoms with E-state index >= 15 is 0 Å². The van der Waals surface area contributed by atoms with Crippen LogP contribution in [0.15, 0.2) is 48.8 Å². The second-order valence-corrected chi connectivity index (χ2v) is 10.5. The van der Waals surface area contributed by atoms with Crippen molar-refractivity contribution in [1.29, 1.82) is 0 Å².